The summed E-state index contributed by atoms with van der Waals surface area (Å²) in [6, 6.07) is 5.86. The lowest BCUT2D eigenvalue weighted by molar-refractivity contribution is 0.0111. The van der Waals surface area contributed by atoms with Gasteiger partial charge >= 0.3 is 0 Å². The number of aliphatic hydroxyl groups is 1. The predicted molar refractivity (Wildman–Crippen MR) is 76.3 cm³/mol. The first-order valence-electron chi connectivity index (χ1n) is 6.85. The molecule has 0 radical (unpaired) electrons. The Morgan fingerprint density at radius 1 is 1.32 bits per heavy atom. The molecule has 0 saturated carbocycles. The molecular weight excluding hydrogens is 242 g/mol. The third-order valence-corrected chi connectivity index (χ3v) is 2.82. The number of unbranched alkanes of at least 4 members (excludes halogenated alkanes) is 1. The van der Waals surface area contributed by atoms with Crippen LogP contribution < -0.4 is 10.5 Å². The highest BCUT2D eigenvalue weighted by Crippen LogP contribution is 2.19. The first-order chi connectivity index (χ1) is 9.17. The third kappa shape index (κ3) is 6.05. The highest BCUT2D eigenvalue weighted by Gasteiger charge is 2.08. The van der Waals surface area contributed by atoms with Gasteiger partial charge in [-0.25, -0.2) is 0 Å². The van der Waals surface area contributed by atoms with Gasteiger partial charge in [-0.3, -0.25) is 0 Å². The van der Waals surface area contributed by atoms with Gasteiger partial charge in [0.25, 0.3) is 0 Å². The summed E-state index contributed by atoms with van der Waals surface area (Å²) in [7, 11) is 0. The van der Waals surface area contributed by atoms with Gasteiger partial charge in [-0.2, -0.15) is 0 Å². The van der Waals surface area contributed by atoms with E-state index in [1.807, 2.05) is 25.1 Å². The molecule has 0 fully saturated rings. The average Bonchev–Trinajstić information content (AvgIpc) is 2.42. The van der Waals surface area contributed by atoms with Crippen LogP contribution in [0.1, 0.15) is 30.9 Å². The van der Waals surface area contributed by atoms with Crippen molar-refractivity contribution in [1.82, 2.24) is 0 Å². The summed E-state index contributed by atoms with van der Waals surface area (Å²) in [5.41, 5.74) is 7.78. The molecule has 0 aliphatic rings. The van der Waals surface area contributed by atoms with Crippen LogP contribution in [0.5, 0.6) is 5.75 Å². The van der Waals surface area contributed by atoms with Gasteiger partial charge in [0.05, 0.1) is 6.61 Å². The molecule has 108 valence electrons. The molecule has 1 rings (SSSR count). The zero-order valence-electron chi connectivity index (χ0n) is 11.9. The maximum atomic E-state index is 9.75. The summed E-state index contributed by atoms with van der Waals surface area (Å²) in [6.07, 6.45) is 1.50. The van der Waals surface area contributed by atoms with Gasteiger partial charge in [-0.15, -0.1) is 0 Å². The minimum absolute atomic E-state index is 0.224. The Bertz CT molecular complexity index is 368. The monoisotopic (exact) mass is 267 g/mol. The minimum atomic E-state index is -0.608. The number of nitrogens with two attached hydrogens (primary N) is 1. The fraction of sp³-hybridized carbons (Fsp3) is 0.600. The molecule has 1 aromatic rings. The Hall–Kier alpha value is -1.10. The lowest BCUT2D eigenvalue weighted by Crippen LogP contribution is -2.24. The van der Waals surface area contributed by atoms with E-state index < -0.39 is 6.10 Å². The summed E-state index contributed by atoms with van der Waals surface area (Å²) < 4.78 is 10.9. The van der Waals surface area contributed by atoms with Gasteiger partial charge in [0.2, 0.25) is 0 Å². The van der Waals surface area contributed by atoms with Crippen LogP contribution in [0, 0.1) is 6.92 Å². The Morgan fingerprint density at radius 2 is 2.11 bits per heavy atom. The van der Waals surface area contributed by atoms with E-state index in [1.54, 1.807) is 0 Å². The van der Waals surface area contributed by atoms with Crippen LogP contribution in [-0.4, -0.2) is 31.0 Å². The first kappa shape index (κ1) is 16.0. The molecule has 19 heavy (non-hydrogen) atoms. The van der Waals surface area contributed by atoms with Crippen molar-refractivity contribution >= 4 is 0 Å². The fourth-order valence-corrected chi connectivity index (χ4v) is 1.71. The molecule has 0 heterocycles. The molecule has 0 amide bonds. The van der Waals surface area contributed by atoms with E-state index in [4.69, 9.17) is 15.2 Å². The Labute approximate surface area is 115 Å². The highest BCUT2D eigenvalue weighted by atomic mass is 16.5. The third-order valence-electron chi connectivity index (χ3n) is 2.82. The van der Waals surface area contributed by atoms with E-state index in [9.17, 15) is 5.11 Å². The zero-order chi connectivity index (χ0) is 14.1. The number of benzene rings is 1. The van der Waals surface area contributed by atoms with Gasteiger partial charge in [-0.1, -0.05) is 31.0 Å². The lowest BCUT2D eigenvalue weighted by Gasteiger charge is -2.15. The molecule has 0 aliphatic heterocycles. The largest absolute Gasteiger partial charge is 0.490 e. The van der Waals surface area contributed by atoms with Crippen molar-refractivity contribution in [2.45, 2.75) is 39.3 Å². The number of aryl methyl sites for hydroxylation is 1. The molecule has 0 spiro atoms. The predicted octanol–water partition coefficient (Wildman–Crippen LogP) is 2.01. The molecule has 3 N–H and O–H groups in total. The van der Waals surface area contributed by atoms with E-state index in [0.717, 1.165) is 29.7 Å². The SMILES string of the molecule is CCCCOCC(O)COc1ccc(C)cc1CN. The second kappa shape index (κ2) is 8.91. The average molecular weight is 267 g/mol. The molecular formula is C15H25NO3. The molecule has 1 atom stereocenters. The summed E-state index contributed by atoms with van der Waals surface area (Å²) in [5.74, 6) is 0.737. The fourth-order valence-electron chi connectivity index (χ4n) is 1.71. The molecule has 1 aromatic carbocycles. The number of ether oxygens (including phenoxy) is 2. The molecule has 1 unspecified atom stereocenters. The normalized spacial score (nSPS) is 12.4. The second-order valence-electron chi connectivity index (χ2n) is 4.71. The van der Waals surface area contributed by atoms with Crippen LogP contribution >= 0.6 is 0 Å². The molecule has 0 aromatic heterocycles. The standard InChI is InChI=1S/C15H25NO3/c1-3-4-7-18-10-14(17)11-19-15-6-5-12(2)8-13(15)9-16/h5-6,8,14,17H,3-4,7,9-11,16H2,1-2H3. The smallest absolute Gasteiger partial charge is 0.123 e. The van der Waals surface area contributed by atoms with Crippen LogP contribution in [0.15, 0.2) is 18.2 Å². The van der Waals surface area contributed by atoms with Gasteiger partial charge < -0.3 is 20.3 Å². The summed E-state index contributed by atoms with van der Waals surface area (Å²) in [4.78, 5) is 0. The van der Waals surface area contributed by atoms with Crippen molar-refractivity contribution in [1.29, 1.82) is 0 Å². The topological polar surface area (TPSA) is 64.7 Å². The quantitative estimate of drug-likeness (QED) is 0.672. The van der Waals surface area contributed by atoms with E-state index in [2.05, 4.69) is 6.92 Å². The molecule has 4 nitrogen and oxygen atoms in total. The molecule has 0 saturated heterocycles. The van der Waals surface area contributed by atoms with Crippen molar-refractivity contribution < 1.29 is 14.6 Å². The lowest BCUT2D eigenvalue weighted by atomic mass is 10.1. The van der Waals surface area contributed by atoms with Crippen molar-refractivity contribution in [2.75, 3.05) is 19.8 Å². The van der Waals surface area contributed by atoms with Crippen molar-refractivity contribution in [3.05, 3.63) is 29.3 Å². The highest BCUT2D eigenvalue weighted by molar-refractivity contribution is 5.36. The first-order valence-corrected chi connectivity index (χ1v) is 6.85. The Morgan fingerprint density at radius 3 is 2.79 bits per heavy atom. The van der Waals surface area contributed by atoms with E-state index in [1.165, 1.54) is 0 Å². The van der Waals surface area contributed by atoms with E-state index >= 15 is 0 Å². The van der Waals surface area contributed by atoms with Crippen LogP contribution in [-0.2, 0) is 11.3 Å². The zero-order valence-corrected chi connectivity index (χ0v) is 11.9. The second-order valence-corrected chi connectivity index (χ2v) is 4.71. The van der Waals surface area contributed by atoms with Gasteiger partial charge in [0, 0.05) is 18.7 Å². The Balaban J connectivity index is 2.35. The van der Waals surface area contributed by atoms with Crippen LogP contribution in [0.25, 0.3) is 0 Å². The summed E-state index contributed by atoms with van der Waals surface area (Å²) >= 11 is 0. The number of aliphatic hydroxyl groups excluding tert-OH is 1. The number of hydrogen-bond donors (Lipinski definition) is 2. The van der Waals surface area contributed by atoms with Gasteiger partial charge in [0.1, 0.15) is 18.5 Å². The van der Waals surface area contributed by atoms with E-state index in [0.29, 0.717) is 19.8 Å². The summed E-state index contributed by atoms with van der Waals surface area (Å²) in [6.45, 7) is 5.77. The minimum Gasteiger partial charge on any atom is -0.490 e. The van der Waals surface area contributed by atoms with Crippen LogP contribution in [0.4, 0.5) is 0 Å². The molecule has 0 bridgehead atoms. The summed E-state index contributed by atoms with van der Waals surface area (Å²) in [5, 5.41) is 9.75. The van der Waals surface area contributed by atoms with Crippen molar-refractivity contribution in [3.8, 4) is 5.75 Å². The van der Waals surface area contributed by atoms with Crippen LogP contribution in [0.2, 0.25) is 0 Å². The van der Waals surface area contributed by atoms with Crippen molar-refractivity contribution in [3.63, 3.8) is 0 Å². The number of rotatable bonds is 9. The number of hydrogen-bond acceptors (Lipinski definition) is 4. The van der Waals surface area contributed by atoms with Gasteiger partial charge in [0.15, 0.2) is 0 Å². The van der Waals surface area contributed by atoms with E-state index in [-0.39, 0.29) is 6.61 Å². The van der Waals surface area contributed by atoms with Crippen LogP contribution in [0.3, 0.4) is 0 Å². The maximum Gasteiger partial charge on any atom is 0.123 e. The molecule has 0 aliphatic carbocycles. The van der Waals surface area contributed by atoms with Gasteiger partial charge in [-0.05, 0) is 19.4 Å². The maximum absolute atomic E-state index is 9.75. The Kier molecular flexibility index (Phi) is 7.48. The molecule has 4 heteroatoms. The van der Waals surface area contributed by atoms with Crippen molar-refractivity contribution in [2.24, 2.45) is 5.73 Å².